The second-order valence-electron chi connectivity index (χ2n) is 5.22. The molecule has 1 saturated heterocycles. The second-order valence-corrected chi connectivity index (χ2v) is 6.47. The molecule has 0 aromatic carbocycles. The Morgan fingerprint density at radius 2 is 2.33 bits per heavy atom. The van der Waals surface area contributed by atoms with Crippen molar-refractivity contribution >= 4 is 17.2 Å². The van der Waals surface area contributed by atoms with Gasteiger partial charge in [-0.15, -0.1) is 11.3 Å². The Morgan fingerprint density at radius 3 is 2.89 bits per heavy atom. The highest BCUT2D eigenvalue weighted by molar-refractivity contribution is 7.14. The van der Waals surface area contributed by atoms with Gasteiger partial charge in [-0.1, -0.05) is 0 Å². The Kier molecular flexibility index (Phi) is 4.40. The number of amides is 1. The molecule has 1 aliphatic heterocycles. The average molecular weight is 266 g/mol. The number of hydrogen-bond acceptors (Lipinski definition) is 3. The van der Waals surface area contributed by atoms with Crippen LogP contribution in [0.15, 0.2) is 6.07 Å². The van der Waals surface area contributed by atoms with Gasteiger partial charge in [-0.25, -0.2) is 0 Å². The van der Waals surface area contributed by atoms with Gasteiger partial charge < -0.3 is 10.6 Å². The molecule has 0 aliphatic carbocycles. The Labute approximate surface area is 113 Å². The largest absolute Gasteiger partial charge is 0.349 e. The van der Waals surface area contributed by atoms with Crippen molar-refractivity contribution in [1.29, 1.82) is 0 Å². The van der Waals surface area contributed by atoms with Crippen molar-refractivity contribution in [2.45, 2.75) is 39.7 Å². The zero-order valence-corrected chi connectivity index (χ0v) is 12.2. The highest BCUT2D eigenvalue weighted by Gasteiger charge is 2.22. The molecule has 2 N–H and O–H groups in total. The number of aryl methyl sites for hydroxylation is 2. The molecule has 18 heavy (non-hydrogen) atoms. The van der Waals surface area contributed by atoms with Crippen LogP contribution in [0.25, 0.3) is 0 Å². The minimum atomic E-state index is 0.0780. The van der Waals surface area contributed by atoms with E-state index < -0.39 is 0 Å². The Hall–Kier alpha value is -0.870. The van der Waals surface area contributed by atoms with Crippen molar-refractivity contribution in [2.24, 2.45) is 5.92 Å². The summed E-state index contributed by atoms with van der Waals surface area (Å²) >= 11 is 1.58. The summed E-state index contributed by atoms with van der Waals surface area (Å²) in [6, 6.07) is 2.23. The van der Waals surface area contributed by atoms with Crippen molar-refractivity contribution in [3.63, 3.8) is 0 Å². The number of thiophene rings is 1. The van der Waals surface area contributed by atoms with Crippen LogP contribution < -0.4 is 10.6 Å². The van der Waals surface area contributed by atoms with E-state index in [-0.39, 0.29) is 11.9 Å². The first-order chi connectivity index (χ1) is 8.58. The molecular weight excluding hydrogens is 244 g/mol. The predicted octanol–water partition coefficient (Wildman–Crippen LogP) is 2.48. The van der Waals surface area contributed by atoms with E-state index in [4.69, 9.17) is 0 Å². The smallest absolute Gasteiger partial charge is 0.261 e. The van der Waals surface area contributed by atoms with Crippen molar-refractivity contribution in [3.05, 3.63) is 21.4 Å². The van der Waals surface area contributed by atoms with E-state index >= 15 is 0 Å². The molecule has 2 heterocycles. The maximum Gasteiger partial charge on any atom is 0.261 e. The lowest BCUT2D eigenvalue weighted by atomic mass is 9.93. The van der Waals surface area contributed by atoms with Gasteiger partial charge in [-0.3, -0.25) is 4.79 Å². The lowest BCUT2D eigenvalue weighted by Gasteiger charge is -2.28. The summed E-state index contributed by atoms with van der Waals surface area (Å²) in [5.74, 6) is 0.638. The zero-order chi connectivity index (χ0) is 13.1. The molecule has 1 amide bonds. The fourth-order valence-electron chi connectivity index (χ4n) is 2.39. The molecule has 1 aliphatic rings. The molecule has 0 saturated carbocycles. The normalized spacial score (nSPS) is 21.6. The van der Waals surface area contributed by atoms with Crippen LogP contribution in [0.2, 0.25) is 0 Å². The molecule has 3 nitrogen and oxygen atoms in total. The third kappa shape index (κ3) is 3.12. The molecule has 100 valence electrons. The number of carbonyl (C=O) groups excluding carboxylic acids is 1. The van der Waals surface area contributed by atoms with Crippen LogP contribution in [-0.4, -0.2) is 25.0 Å². The third-order valence-corrected chi connectivity index (χ3v) is 4.94. The van der Waals surface area contributed by atoms with Crippen LogP contribution >= 0.6 is 11.3 Å². The van der Waals surface area contributed by atoms with Gasteiger partial charge in [-0.05, 0) is 64.3 Å². The number of nitrogens with one attached hydrogen (secondary N) is 2. The van der Waals surface area contributed by atoms with E-state index in [0.717, 1.165) is 18.0 Å². The summed E-state index contributed by atoms with van der Waals surface area (Å²) in [6.45, 7) is 8.36. The number of piperidine rings is 1. The van der Waals surface area contributed by atoms with E-state index in [1.165, 1.54) is 23.3 Å². The van der Waals surface area contributed by atoms with Crippen LogP contribution in [0.3, 0.4) is 0 Å². The van der Waals surface area contributed by atoms with Crippen molar-refractivity contribution in [3.8, 4) is 0 Å². The van der Waals surface area contributed by atoms with Gasteiger partial charge in [0.1, 0.15) is 0 Å². The van der Waals surface area contributed by atoms with Gasteiger partial charge >= 0.3 is 0 Å². The lowest BCUT2D eigenvalue weighted by Crippen LogP contribution is -2.44. The van der Waals surface area contributed by atoms with E-state index in [2.05, 4.69) is 31.4 Å². The van der Waals surface area contributed by atoms with E-state index in [9.17, 15) is 4.79 Å². The molecule has 2 rings (SSSR count). The van der Waals surface area contributed by atoms with E-state index in [1.807, 2.05) is 6.07 Å². The average Bonchev–Trinajstić information content (AvgIpc) is 2.71. The van der Waals surface area contributed by atoms with Crippen LogP contribution in [0.5, 0.6) is 0 Å². The van der Waals surface area contributed by atoms with Crippen LogP contribution in [0.1, 0.15) is 39.9 Å². The first-order valence-electron chi connectivity index (χ1n) is 6.66. The Balaban J connectivity index is 1.93. The van der Waals surface area contributed by atoms with Gasteiger partial charge in [0.25, 0.3) is 5.91 Å². The molecule has 0 spiro atoms. The highest BCUT2D eigenvalue weighted by atomic mass is 32.1. The SMILES string of the molecule is Cc1cc(C(=O)NC(C)C2CCCNC2)sc1C. The fraction of sp³-hybridized carbons (Fsp3) is 0.643. The summed E-state index contributed by atoms with van der Waals surface area (Å²) in [7, 11) is 0. The van der Waals surface area contributed by atoms with Crippen molar-refractivity contribution in [1.82, 2.24) is 10.6 Å². The van der Waals surface area contributed by atoms with Gasteiger partial charge in [0.15, 0.2) is 0 Å². The van der Waals surface area contributed by atoms with E-state index in [1.54, 1.807) is 11.3 Å². The molecule has 0 bridgehead atoms. The van der Waals surface area contributed by atoms with E-state index in [0.29, 0.717) is 5.92 Å². The van der Waals surface area contributed by atoms with Gasteiger partial charge in [0.05, 0.1) is 4.88 Å². The van der Waals surface area contributed by atoms with Crippen LogP contribution in [-0.2, 0) is 0 Å². The first kappa shape index (κ1) is 13.6. The summed E-state index contributed by atoms with van der Waals surface area (Å²) in [5.41, 5.74) is 1.21. The first-order valence-corrected chi connectivity index (χ1v) is 7.48. The maximum atomic E-state index is 12.1. The molecular formula is C14H22N2OS. The molecule has 1 fully saturated rings. The molecule has 2 unspecified atom stereocenters. The number of carbonyl (C=O) groups is 1. The summed E-state index contributed by atoms with van der Waals surface area (Å²) in [4.78, 5) is 14.2. The number of hydrogen-bond donors (Lipinski definition) is 2. The van der Waals surface area contributed by atoms with Gasteiger partial charge in [0.2, 0.25) is 0 Å². The molecule has 2 atom stereocenters. The standard InChI is InChI=1S/C14H22N2OS/c1-9-7-13(18-11(9)3)14(17)16-10(2)12-5-4-6-15-8-12/h7,10,12,15H,4-6,8H2,1-3H3,(H,16,17). The maximum absolute atomic E-state index is 12.1. The monoisotopic (exact) mass is 266 g/mol. The van der Waals surface area contributed by atoms with Crippen molar-refractivity contribution in [2.75, 3.05) is 13.1 Å². The minimum Gasteiger partial charge on any atom is -0.349 e. The van der Waals surface area contributed by atoms with Crippen LogP contribution in [0, 0.1) is 19.8 Å². The fourth-order valence-corrected chi connectivity index (χ4v) is 3.32. The molecule has 4 heteroatoms. The van der Waals surface area contributed by atoms with Gasteiger partial charge in [0, 0.05) is 10.9 Å². The van der Waals surface area contributed by atoms with Crippen LogP contribution in [0.4, 0.5) is 0 Å². The quantitative estimate of drug-likeness (QED) is 0.882. The molecule has 0 radical (unpaired) electrons. The topological polar surface area (TPSA) is 41.1 Å². The Bertz CT molecular complexity index is 402. The summed E-state index contributed by atoms with van der Waals surface area (Å²) in [6.07, 6.45) is 2.42. The van der Waals surface area contributed by atoms with Crippen molar-refractivity contribution < 1.29 is 4.79 Å². The number of rotatable bonds is 3. The molecule has 1 aromatic heterocycles. The Morgan fingerprint density at radius 1 is 1.56 bits per heavy atom. The molecule has 1 aromatic rings. The van der Waals surface area contributed by atoms with Gasteiger partial charge in [-0.2, -0.15) is 0 Å². The second kappa shape index (κ2) is 5.85. The summed E-state index contributed by atoms with van der Waals surface area (Å²) < 4.78 is 0. The summed E-state index contributed by atoms with van der Waals surface area (Å²) in [5, 5.41) is 6.53. The zero-order valence-electron chi connectivity index (χ0n) is 11.4. The lowest BCUT2D eigenvalue weighted by molar-refractivity contribution is 0.0926. The third-order valence-electron chi connectivity index (χ3n) is 3.79. The minimum absolute atomic E-state index is 0.0780. The predicted molar refractivity (Wildman–Crippen MR) is 76.3 cm³/mol. The highest BCUT2D eigenvalue weighted by Crippen LogP contribution is 2.21.